The number of anilines is 2. The van der Waals surface area contributed by atoms with E-state index in [0.29, 0.717) is 22.4 Å². The van der Waals surface area contributed by atoms with Crippen LogP contribution >= 0.6 is 0 Å². The summed E-state index contributed by atoms with van der Waals surface area (Å²) < 4.78 is 29.6. The van der Waals surface area contributed by atoms with Crippen LogP contribution in [0.2, 0.25) is 0 Å². The van der Waals surface area contributed by atoms with Gasteiger partial charge in [-0.15, -0.1) is 0 Å². The van der Waals surface area contributed by atoms with Crippen molar-refractivity contribution < 1.29 is 8.42 Å². The summed E-state index contributed by atoms with van der Waals surface area (Å²) in [4.78, 5) is 17.7. The number of rotatable bonds is 9. The van der Waals surface area contributed by atoms with Gasteiger partial charge in [-0.25, -0.2) is 18.1 Å². The Bertz CT molecular complexity index is 1360. The van der Waals surface area contributed by atoms with Crippen molar-refractivity contribution in [1.82, 2.24) is 14.3 Å². The summed E-state index contributed by atoms with van der Waals surface area (Å²) in [7, 11) is -3.91. The first-order chi connectivity index (χ1) is 16.2. The lowest BCUT2D eigenvalue weighted by atomic mass is 9.93. The summed E-state index contributed by atoms with van der Waals surface area (Å²) in [6, 6.07) is 13.7. The van der Waals surface area contributed by atoms with Crippen LogP contribution < -0.4 is 27.1 Å². The van der Waals surface area contributed by atoms with Gasteiger partial charge in [0.25, 0.3) is 5.56 Å². The van der Waals surface area contributed by atoms with Crippen LogP contribution in [0.15, 0.2) is 59.5 Å². The summed E-state index contributed by atoms with van der Waals surface area (Å²) in [5, 5.41) is 10.6. The summed E-state index contributed by atoms with van der Waals surface area (Å²) in [6.45, 7) is 0.0241. The average Bonchev–Trinajstić information content (AvgIpc) is 2.77. The molecule has 0 spiro atoms. The van der Waals surface area contributed by atoms with E-state index in [9.17, 15) is 13.2 Å². The van der Waals surface area contributed by atoms with Crippen molar-refractivity contribution in [3.05, 3.63) is 76.2 Å². The second-order valence-corrected chi connectivity index (χ2v) is 10.1. The van der Waals surface area contributed by atoms with Gasteiger partial charge in [-0.3, -0.25) is 14.8 Å². The van der Waals surface area contributed by atoms with Crippen LogP contribution in [0.25, 0.3) is 11.4 Å². The highest BCUT2D eigenvalue weighted by Gasteiger charge is 2.22. The minimum Gasteiger partial charge on any atom is -0.399 e. The third-order valence-corrected chi connectivity index (χ3v) is 6.90. The maximum absolute atomic E-state index is 13.3. The SMILES string of the molecule is N=C(N)c1ccc(CNS(=O)(=O)Cn2c(-c3cccc(N)c3)ncc(NC3CCC3)c2=O)cc1. The number of amidine groups is 1. The molecule has 1 aromatic heterocycles. The summed E-state index contributed by atoms with van der Waals surface area (Å²) in [5.74, 6) is -0.453. The first-order valence-electron chi connectivity index (χ1n) is 10.8. The molecule has 0 bridgehead atoms. The van der Waals surface area contributed by atoms with Crippen molar-refractivity contribution >= 4 is 27.2 Å². The molecule has 1 heterocycles. The van der Waals surface area contributed by atoms with Crippen LogP contribution in [0, 0.1) is 5.41 Å². The Morgan fingerprint density at radius 2 is 1.91 bits per heavy atom. The zero-order valence-corrected chi connectivity index (χ0v) is 19.3. The monoisotopic (exact) mass is 481 g/mol. The highest BCUT2D eigenvalue weighted by Crippen LogP contribution is 2.23. The standard InChI is InChI=1S/C23H27N7O3S/c24-18-4-1-3-17(11-18)22-27-13-20(29-19-5-2-6-19)23(31)30(22)14-34(32,33)28-12-15-7-9-16(10-8-15)21(25)26/h1,3-4,7-11,13,19,28-29H,2,5-6,12,14,24H2,(H3,25,26). The second kappa shape index (κ2) is 9.65. The molecule has 10 nitrogen and oxygen atoms in total. The molecular weight excluding hydrogens is 454 g/mol. The fraction of sp³-hybridized carbons (Fsp3) is 0.261. The van der Waals surface area contributed by atoms with E-state index in [2.05, 4.69) is 15.0 Å². The maximum atomic E-state index is 13.3. The van der Waals surface area contributed by atoms with Gasteiger partial charge in [-0.05, 0) is 37.0 Å². The Morgan fingerprint density at radius 1 is 1.18 bits per heavy atom. The molecule has 2 aromatic carbocycles. The van der Waals surface area contributed by atoms with Crippen molar-refractivity contribution in [2.45, 2.75) is 37.7 Å². The van der Waals surface area contributed by atoms with Gasteiger partial charge < -0.3 is 16.8 Å². The molecule has 11 heteroatoms. The summed E-state index contributed by atoms with van der Waals surface area (Å²) >= 11 is 0. The third kappa shape index (κ3) is 5.43. The van der Waals surface area contributed by atoms with Crippen molar-refractivity contribution in [2.75, 3.05) is 11.1 Å². The van der Waals surface area contributed by atoms with Gasteiger partial charge in [0, 0.05) is 29.4 Å². The van der Waals surface area contributed by atoms with Crippen molar-refractivity contribution in [2.24, 2.45) is 5.73 Å². The van der Waals surface area contributed by atoms with Gasteiger partial charge in [0.1, 0.15) is 23.2 Å². The van der Waals surface area contributed by atoms with Crippen LogP contribution in [-0.4, -0.2) is 29.8 Å². The van der Waals surface area contributed by atoms with Crippen molar-refractivity contribution in [3.8, 4) is 11.4 Å². The van der Waals surface area contributed by atoms with E-state index in [4.69, 9.17) is 16.9 Å². The zero-order valence-electron chi connectivity index (χ0n) is 18.5. The zero-order chi connectivity index (χ0) is 24.3. The molecule has 7 N–H and O–H groups in total. The maximum Gasteiger partial charge on any atom is 0.278 e. The Kier molecular flexibility index (Phi) is 6.66. The molecule has 0 amide bonds. The molecule has 0 saturated heterocycles. The molecule has 0 aliphatic heterocycles. The Hall–Kier alpha value is -3.70. The largest absolute Gasteiger partial charge is 0.399 e. The average molecular weight is 482 g/mol. The summed E-state index contributed by atoms with van der Waals surface area (Å²) in [6.07, 6.45) is 4.45. The number of nitrogens with one attached hydrogen (secondary N) is 3. The molecule has 4 rings (SSSR count). The third-order valence-electron chi connectivity index (χ3n) is 5.72. The van der Waals surface area contributed by atoms with Crippen LogP contribution in [-0.2, 0) is 22.4 Å². The number of sulfonamides is 1. The number of aromatic nitrogens is 2. The van der Waals surface area contributed by atoms with Crippen LogP contribution in [0.5, 0.6) is 0 Å². The van der Waals surface area contributed by atoms with E-state index < -0.39 is 21.5 Å². The molecule has 3 aromatic rings. The first kappa shape index (κ1) is 23.5. The van der Waals surface area contributed by atoms with Gasteiger partial charge >= 0.3 is 0 Å². The van der Waals surface area contributed by atoms with E-state index in [-0.39, 0.29) is 29.9 Å². The Morgan fingerprint density at radius 3 is 2.53 bits per heavy atom. The van der Waals surface area contributed by atoms with E-state index in [1.165, 1.54) is 6.20 Å². The van der Waals surface area contributed by atoms with Crippen LogP contribution in [0.1, 0.15) is 30.4 Å². The Labute approximate surface area is 197 Å². The van der Waals surface area contributed by atoms with E-state index >= 15 is 0 Å². The fourth-order valence-electron chi connectivity index (χ4n) is 3.60. The highest BCUT2D eigenvalue weighted by molar-refractivity contribution is 7.88. The molecule has 0 unspecified atom stereocenters. The van der Waals surface area contributed by atoms with Gasteiger partial charge in [0.15, 0.2) is 0 Å². The quantitative estimate of drug-likeness (QED) is 0.176. The van der Waals surface area contributed by atoms with Crippen molar-refractivity contribution in [1.29, 1.82) is 5.41 Å². The van der Waals surface area contributed by atoms with E-state index in [1.807, 2.05) is 0 Å². The summed E-state index contributed by atoms with van der Waals surface area (Å²) in [5.41, 5.74) is 13.4. The van der Waals surface area contributed by atoms with Crippen LogP contribution in [0.4, 0.5) is 11.4 Å². The molecule has 1 aliphatic rings. The highest BCUT2D eigenvalue weighted by atomic mass is 32.2. The lowest BCUT2D eigenvalue weighted by Gasteiger charge is -2.27. The first-order valence-corrected chi connectivity index (χ1v) is 12.5. The number of hydrogen-bond acceptors (Lipinski definition) is 7. The molecule has 1 saturated carbocycles. The molecule has 178 valence electrons. The minimum atomic E-state index is -3.91. The van der Waals surface area contributed by atoms with Gasteiger partial charge in [0.05, 0.1) is 6.20 Å². The molecular formula is C23H27N7O3S. The lowest BCUT2D eigenvalue weighted by Crippen LogP contribution is -2.36. The normalized spacial score (nSPS) is 13.9. The molecule has 1 aliphatic carbocycles. The van der Waals surface area contributed by atoms with Crippen LogP contribution in [0.3, 0.4) is 0 Å². The minimum absolute atomic E-state index is 0.0241. The molecule has 34 heavy (non-hydrogen) atoms. The van der Waals surface area contributed by atoms with Gasteiger partial charge in [-0.2, -0.15) is 0 Å². The predicted molar refractivity (Wildman–Crippen MR) is 133 cm³/mol. The number of hydrogen-bond donors (Lipinski definition) is 5. The van der Waals surface area contributed by atoms with Gasteiger partial charge in [0.2, 0.25) is 10.0 Å². The van der Waals surface area contributed by atoms with E-state index in [0.717, 1.165) is 23.8 Å². The molecule has 0 atom stereocenters. The molecule has 1 fully saturated rings. The van der Waals surface area contributed by atoms with Crippen molar-refractivity contribution in [3.63, 3.8) is 0 Å². The number of benzene rings is 2. The topological polar surface area (TPSA) is 169 Å². The lowest BCUT2D eigenvalue weighted by molar-refractivity contribution is 0.444. The van der Waals surface area contributed by atoms with Gasteiger partial charge in [-0.1, -0.05) is 36.4 Å². The number of nitrogens with two attached hydrogens (primary N) is 2. The number of nitrogen functional groups attached to an aromatic ring is 2. The Balaban J connectivity index is 1.61. The fourth-order valence-corrected chi connectivity index (χ4v) is 4.66. The predicted octanol–water partition coefficient (Wildman–Crippen LogP) is 1.82. The van der Waals surface area contributed by atoms with E-state index in [1.54, 1.807) is 48.5 Å². The molecule has 0 radical (unpaired) electrons. The number of nitrogens with zero attached hydrogens (tertiary/aromatic N) is 2. The second-order valence-electron chi connectivity index (χ2n) is 8.30. The smallest absolute Gasteiger partial charge is 0.278 e.